The van der Waals surface area contributed by atoms with Gasteiger partial charge in [0.1, 0.15) is 5.82 Å². The third-order valence-electron chi connectivity index (χ3n) is 3.47. The Morgan fingerprint density at radius 3 is 2.80 bits per heavy atom. The summed E-state index contributed by atoms with van der Waals surface area (Å²) in [6.07, 6.45) is 0. The molecule has 0 aliphatic carbocycles. The predicted octanol–water partition coefficient (Wildman–Crippen LogP) is 1.14. The van der Waals surface area contributed by atoms with Crippen LogP contribution in [-0.4, -0.2) is 48.5 Å². The van der Waals surface area contributed by atoms with Crippen molar-refractivity contribution in [3.63, 3.8) is 0 Å². The summed E-state index contributed by atoms with van der Waals surface area (Å²) in [4.78, 5) is 12.7. The lowest BCUT2D eigenvalue weighted by Gasteiger charge is -2.33. The number of sulfone groups is 1. The van der Waals surface area contributed by atoms with Crippen LogP contribution in [0.25, 0.3) is 0 Å². The first-order valence-electron chi connectivity index (χ1n) is 6.25. The number of hydrogen-bond acceptors (Lipinski definition) is 4. The molecule has 1 unspecified atom stereocenters. The van der Waals surface area contributed by atoms with Gasteiger partial charge in [-0.3, -0.25) is 4.90 Å². The third kappa shape index (κ3) is 3.34. The molecule has 0 bridgehead atoms. The number of halogens is 1. The standard InChI is InChI=1S/C13H16FNO4S/c1-9-8-20(18,19)5-4-15(9)7-11-6-10(13(16)17)2-3-12(11)14/h2-3,6,9H,4-5,7-8H2,1H3,(H,16,17). The molecule has 1 aliphatic rings. The summed E-state index contributed by atoms with van der Waals surface area (Å²) in [6, 6.07) is 3.43. The minimum Gasteiger partial charge on any atom is -0.478 e. The summed E-state index contributed by atoms with van der Waals surface area (Å²) in [7, 11) is -3.02. The van der Waals surface area contributed by atoms with E-state index >= 15 is 0 Å². The van der Waals surface area contributed by atoms with E-state index in [9.17, 15) is 17.6 Å². The van der Waals surface area contributed by atoms with Gasteiger partial charge >= 0.3 is 5.97 Å². The normalized spacial score (nSPS) is 22.6. The van der Waals surface area contributed by atoms with Crippen LogP contribution >= 0.6 is 0 Å². The Balaban J connectivity index is 2.18. The lowest BCUT2D eigenvalue weighted by atomic mass is 10.1. The highest BCUT2D eigenvalue weighted by molar-refractivity contribution is 7.91. The molecule has 110 valence electrons. The fourth-order valence-electron chi connectivity index (χ4n) is 2.32. The number of hydrogen-bond donors (Lipinski definition) is 1. The molecule has 20 heavy (non-hydrogen) atoms. The highest BCUT2D eigenvalue weighted by atomic mass is 32.2. The number of carboxylic acid groups (broad SMARTS) is 1. The van der Waals surface area contributed by atoms with Crippen molar-refractivity contribution in [3.05, 3.63) is 35.1 Å². The number of benzene rings is 1. The first kappa shape index (κ1) is 14.9. The Kier molecular flexibility index (Phi) is 4.10. The van der Waals surface area contributed by atoms with E-state index in [0.717, 1.165) is 6.07 Å². The van der Waals surface area contributed by atoms with E-state index in [1.807, 2.05) is 4.90 Å². The van der Waals surface area contributed by atoms with E-state index in [1.54, 1.807) is 6.92 Å². The van der Waals surface area contributed by atoms with Crippen molar-refractivity contribution >= 4 is 15.8 Å². The van der Waals surface area contributed by atoms with Gasteiger partial charge in [-0.2, -0.15) is 0 Å². The van der Waals surface area contributed by atoms with Crippen molar-refractivity contribution in [2.45, 2.75) is 19.5 Å². The van der Waals surface area contributed by atoms with Gasteiger partial charge in [0.15, 0.2) is 9.84 Å². The molecular weight excluding hydrogens is 285 g/mol. The SMILES string of the molecule is CC1CS(=O)(=O)CCN1Cc1cc(C(=O)O)ccc1F. The second kappa shape index (κ2) is 5.49. The Morgan fingerprint density at radius 2 is 2.20 bits per heavy atom. The number of aromatic carboxylic acids is 1. The molecule has 1 aromatic carbocycles. The molecular formula is C13H16FNO4S. The van der Waals surface area contributed by atoms with Crippen LogP contribution < -0.4 is 0 Å². The third-order valence-corrected chi connectivity index (χ3v) is 5.27. The lowest BCUT2D eigenvalue weighted by Crippen LogP contribution is -2.46. The topological polar surface area (TPSA) is 74.7 Å². The van der Waals surface area contributed by atoms with Crippen LogP contribution in [0.4, 0.5) is 4.39 Å². The predicted molar refractivity (Wildman–Crippen MR) is 71.9 cm³/mol. The van der Waals surface area contributed by atoms with Gasteiger partial charge in [0.25, 0.3) is 0 Å². The molecule has 0 radical (unpaired) electrons. The molecule has 1 heterocycles. The van der Waals surface area contributed by atoms with E-state index in [0.29, 0.717) is 6.54 Å². The molecule has 1 aliphatic heterocycles. The fraction of sp³-hybridized carbons (Fsp3) is 0.462. The smallest absolute Gasteiger partial charge is 0.335 e. The summed E-state index contributed by atoms with van der Waals surface area (Å²) < 4.78 is 36.7. The largest absolute Gasteiger partial charge is 0.478 e. The molecule has 2 rings (SSSR count). The van der Waals surface area contributed by atoms with E-state index in [1.165, 1.54) is 12.1 Å². The van der Waals surface area contributed by atoms with Crippen molar-refractivity contribution in [1.29, 1.82) is 0 Å². The van der Waals surface area contributed by atoms with Gasteiger partial charge < -0.3 is 5.11 Å². The van der Waals surface area contributed by atoms with Crippen molar-refractivity contribution in [3.8, 4) is 0 Å². The van der Waals surface area contributed by atoms with E-state index in [2.05, 4.69) is 0 Å². The van der Waals surface area contributed by atoms with E-state index in [-0.39, 0.29) is 35.2 Å². The second-order valence-corrected chi connectivity index (χ2v) is 7.27. The lowest BCUT2D eigenvalue weighted by molar-refractivity contribution is 0.0696. The molecule has 1 aromatic rings. The van der Waals surface area contributed by atoms with Gasteiger partial charge in [0.2, 0.25) is 0 Å². The molecule has 1 fully saturated rings. The first-order chi connectivity index (χ1) is 9.28. The second-order valence-electron chi connectivity index (χ2n) is 5.05. The molecule has 1 N–H and O–H groups in total. The molecule has 1 saturated heterocycles. The maximum atomic E-state index is 13.7. The first-order valence-corrected chi connectivity index (χ1v) is 8.07. The summed E-state index contributed by atoms with van der Waals surface area (Å²) in [5.74, 6) is -1.48. The van der Waals surface area contributed by atoms with Crippen LogP contribution in [0.1, 0.15) is 22.8 Å². The van der Waals surface area contributed by atoms with E-state index in [4.69, 9.17) is 5.11 Å². The summed E-state index contributed by atoms with van der Waals surface area (Å²) in [5.41, 5.74) is 0.301. The molecule has 1 atom stereocenters. The Morgan fingerprint density at radius 1 is 1.50 bits per heavy atom. The zero-order chi connectivity index (χ0) is 14.9. The molecule has 0 saturated carbocycles. The van der Waals surface area contributed by atoms with Gasteiger partial charge in [0, 0.05) is 24.7 Å². The van der Waals surface area contributed by atoms with Crippen molar-refractivity contribution in [2.24, 2.45) is 0 Å². The minimum absolute atomic E-state index is 0.0266. The zero-order valence-corrected chi connectivity index (χ0v) is 11.9. The summed E-state index contributed by atoms with van der Waals surface area (Å²) in [5, 5.41) is 8.91. The van der Waals surface area contributed by atoms with Crippen LogP contribution in [0.5, 0.6) is 0 Å². The molecule has 0 spiro atoms. The van der Waals surface area contributed by atoms with Crippen molar-refractivity contribution in [2.75, 3.05) is 18.1 Å². The van der Waals surface area contributed by atoms with Gasteiger partial charge in [0.05, 0.1) is 17.1 Å². The molecule has 7 heteroatoms. The summed E-state index contributed by atoms with van der Waals surface area (Å²) >= 11 is 0. The van der Waals surface area contributed by atoms with Gasteiger partial charge in [-0.05, 0) is 25.1 Å². The van der Waals surface area contributed by atoms with Crippen LogP contribution in [0.15, 0.2) is 18.2 Å². The van der Waals surface area contributed by atoms with Gasteiger partial charge in [-0.15, -0.1) is 0 Å². The maximum absolute atomic E-state index is 13.7. The van der Waals surface area contributed by atoms with Crippen molar-refractivity contribution in [1.82, 2.24) is 4.90 Å². The van der Waals surface area contributed by atoms with Gasteiger partial charge in [-0.25, -0.2) is 17.6 Å². The number of nitrogens with zero attached hydrogens (tertiary/aromatic N) is 1. The highest BCUT2D eigenvalue weighted by Gasteiger charge is 2.28. The van der Waals surface area contributed by atoms with Crippen molar-refractivity contribution < 1.29 is 22.7 Å². The molecule has 0 amide bonds. The Labute approximate surface area is 116 Å². The number of carbonyl (C=O) groups is 1. The van der Waals surface area contributed by atoms with Gasteiger partial charge in [-0.1, -0.05) is 0 Å². The summed E-state index contributed by atoms with van der Waals surface area (Å²) in [6.45, 7) is 2.32. The molecule has 0 aromatic heterocycles. The van der Waals surface area contributed by atoms with Crippen LogP contribution in [-0.2, 0) is 16.4 Å². The van der Waals surface area contributed by atoms with E-state index < -0.39 is 21.6 Å². The quantitative estimate of drug-likeness (QED) is 0.906. The highest BCUT2D eigenvalue weighted by Crippen LogP contribution is 2.18. The Hall–Kier alpha value is -1.47. The van der Waals surface area contributed by atoms with Crippen LogP contribution in [0.3, 0.4) is 0 Å². The monoisotopic (exact) mass is 301 g/mol. The van der Waals surface area contributed by atoms with Crippen LogP contribution in [0.2, 0.25) is 0 Å². The van der Waals surface area contributed by atoms with Crippen LogP contribution in [0, 0.1) is 5.82 Å². The fourth-order valence-corrected chi connectivity index (χ4v) is 3.94. The number of carboxylic acids is 1. The average Bonchev–Trinajstić information content (AvgIpc) is 2.34. The number of rotatable bonds is 3. The average molecular weight is 301 g/mol. The zero-order valence-electron chi connectivity index (χ0n) is 11.0. The molecule has 5 nitrogen and oxygen atoms in total. The maximum Gasteiger partial charge on any atom is 0.335 e. The Bertz CT molecular complexity index is 629. The minimum atomic E-state index is -3.02.